The first kappa shape index (κ1) is 34.9. The molecule has 0 aromatic carbocycles. The minimum atomic E-state index is -1.20. The molecule has 4 rings (SSSR count). The van der Waals surface area contributed by atoms with Crippen LogP contribution in [0.2, 0.25) is 0 Å². The number of fused-ring (bicyclic) bond motifs is 1. The van der Waals surface area contributed by atoms with Crippen molar-refractivity contribution in [2.75, 3.05) is 6.54 Å². The van der Waals surface area contributed by atoms with Gasteiger partial charge in [-0.15, -0.1) is 0 Å². The van der Waals surface area contributed by atoms with Crippen molar-refractivity contribution >= 4 is 35.3 Å². The molecule has 2 saturated carbocycles. The Morgan fingerprint density at radius 3 is 2.20 bits per heavy atom. The molecular formula is C32H46FN7O6. The van der Waals surface area contributed by atoms with Gasteiger partial charge >= 0.3 is 0 Å². The number of ketones is 1. The third-order valence-electron chi connectivity index (χ3n) is 9.10. The fraction of sp³-hybridized carbons (Fsp3) is 0.688. The van der Waals surface area contributed by atoms with Gasteiger partial charge < -0.3 is 26.2 Å². The standard InChI is InChI=1S/C32H46FN7O6/c1-6-7-22(27(41)31(45)36-18-8-9-18)37-30(44)26-19-10-11-21(33)20(19)15-40(26)32(46)25(17(4)5)39-29(43)24(16(2)3)38-28(42)23-14-34-12-13-35-23/h12-14,16-22,24-26H,6-11,15H2,1-5H3,(H,36,45)(H,37,44)(H,38,42)(H,39,43)/t19-,20-,21-,22?,24?,25?,26-/m0/s1. The molecule has 3 aliphatic rings. The van der Waals surface area contributed by atoms with Crippen LogP contribution in [0.5, 0.6) is 0 Å². The van der Waals surface area contributed by atoms with Gasteiger partial charge in [-0.05, 0) is 49.9 Å². The first-order valence-corrected chi connectivity index (χ1v) is 16.3. The van der Waals surface area contributed by atoms with E-state index in [0.29, 0.717) is 12.8 Å². The van der Waals surface area contributed by atoms with Crippen molar-refractivity contribution in [3.8, 4) is 0 Å². The van der Waals surface area contributed by atoms with Crippen molar-refractivity contribution in [3.05, 3.63) is 24.3 Å². The summed E-state index contributed by atoms with van der Waals surface area (Å²) in [5, 5.41) is 10.8. The summed E-state index contributed by atoms with van der Waals surface area (Å²) in [6, 6.07) is -4.30. The number of aromatic nitrogens is 2. The number of hydrogen-bond acceptors (Lipinski definition) is 8. The number of rotatable bonds is 14. The highest BCUT2D eigenvalue weighted by Gasteiger charge is 2.55. The molecule has 1 aliphatic heterocycles. The lowest BCUT2D eigenvalue weighted by atomic mass is 9.92. The van der Waals surface area contributed by atoms with E-state index in [0.717, 1.165) is 12.8 Å². The predicted octanol–water partition coefficient (Wildman–Crippen LogP) is 1.08. The molecule has 0 bridgehead atoms. The van der Waals surface area contributed by atoms with Crippen molar-refractivity contribution in [1.29, 1.82) is 0 Å². The number of hydrogen-bond donors (Lipinski definition) is 4. The fourth-order valence-electron chi connectivity index (χ4n) is 6.38. The summed E-state index contributed by atoms with van der Waals surface area (Å²) in [7, 11) is 0. The van der Waals surface area contributed by atoms with Gasteiger partial charge in [0, 0.05) is 30.9 Å². The van der Waals surface area contributed by atoms with Crippen molar-refractivity contribution in [2.45, 2.75) is 110 Å². The number of carbonyl (C=O) groups is 6. The van der Waals surface area contributed by atoms with Crippen LogP contribution in [0.1, 0.15) is 83.6 Å². The van der Waals surface area contributed by atoms with Gasteiger partial charge in [-0.1, -0.05) is 41.0 Å². The number of halogens is 1. The molecule has 0 radical (unpaired) electrons. The second-order valence-corrected chi connectivity index (χ2v) is 13.3. The van der Waals surface area contributed by atoms with E-state index in [9.17, 15) is 28.8 Å². The van der Waals surface area contributed by atoms with E-state index in [1.54, 1.807) is 27.7 Å². The Balaban J connectivity index is 1.52. The van der Waals surface area contributed by atoms with Gasteiger partial charge in [0.15, 0.2) is 0 Å². The SMILES string of the molecule is CCCC(NC(=O)[C@@H]1[C@H]2CC[C@H](F)[C@H]2CN1C(=O)C(NC(=O)C(NC(=O)c1cnccn1)C(C)C)C(C)C)C(=O)C(=O)NC1CC1. The zero-order valence-electron chi connectivity index (χ0n) is 27.1. The molecule has 252 valence electrons. The Hall–Kier alpha value is -3.97. The van der Waals surface area contributed by atoms with Gasteiger partial charge in [-0.2, -0.15) is 0 Å². The molecule has 1 aromatic heterocycles. The molecule has 2 aliphatic carbocycles. The molecule has 3 fully saturated rings. The van der Waals surface area contributed by atoms with Gasteiger partial charge in [0.1, 0.15) is 30.0 Å². The quantitative estimate of drug-likeness (QED) is 0.218. The summed E-state index contributed by atoms with van der Waals surface area (Å²) in [4.78, 5) is 89.0. The molecule has 2 heterocycles. The van der Waals surface area contributed by atoms with Crippen molar-refractivity contribution < 1.29 is 33.2 Å². The summed E-state index contributed by atoms with van der Waals surface area (Å²) < 4.78 is 15.0. The maximum absolute atomic E-state index is 15.0. The van der Waals surface area contributed by atoms with E-state index in [4.69, 9.17) is 0 Å². The second-order valence-electron chi connectivity index (χ2n) is 13.3. The monoisotopic (exact) mass is 643 g/mol. The number of likely N-dealkylation sites (tertiary alicyclic amines) is 1. The van der Waals surface area contributed by atoms with Gasteiger partial charge in [0.05, 0.1) is 12.2 Å². The highest BCUT2D eigenvalue weighted by Crippen LogP contribution is 2.44. The summed E-state index contributed by atoms with van der Waals surface area (Å²) in [6.45, 7) is 8.78. The lowest BCUT2D eigenvalue weighted by Crippen LogP contribution is -2.60. The molecule has 5 amide bonds. The average molecular weight is 644 g/mol. The van der Waals surface area contributed by atoms with Crippen LogP contribution >= 0.6 is 0 Å². The van der Waals surface area contributed by atoms with Crippen LogP contribution in [-0.2, 0) is 24.0 Å². The van der Waals surface area contributed by atoms with Crippen LogP contribution in [0.25, 0.3) is 0 Å². The van der Waals surface area contributed by atoms with Crippen LogP contribution in [0.3, 0.4) is 0 Å². The smallest absolute Gasteiger partial charge is 0.289 e. The summed E-state index contributed by atoms with van der Waals surface area (Å²) in [6.07, 6.45) is 5.83. The zero-order chi connectivity index (χ0) is 33.7. The molecule has 4 N–H and O–H groups in total. The Morgan fingerprint density at radius 2 is 1.61 bits per heavy atom. The van der Waals surface area contributed by atoms with Crippen LogP contribution in [0.4, 0.5) is 4.39 Å². The summed E-state index contributed by atoms with van der Waals surface area (Å²) >= 11 is 0. The van der Waals surface area contributed by atoms with E-state index in [-0.39, 0.29) is 37.0 Å². The number of nitrogens with one attached hydrogen (secondary N) is 4. The Morgan fingerprint density at radius 1 is 0.913 bits per heavy atom. The summed E-state index contributed by atoms with van der Waals surface area (Å²) in [5.41, 5.74) is 0.0283. The Bertz CT molecular complexity index is 1310. The number of carbonyl (C=O) groups excluding carboxylic acids is 6. The lowest BCUT2D eigenvalue weighted by Gasteiger charge is -2.34. The predicted molar refractivity (Wildman–Crippen MR) is 165 cm³/mol. The molecule has 1 saturated heterocycles. The van der Waals surface area contributed by atoms with Crippen LogP contribution in [-0.4, -0.2) is 93.1 Å². The third kappa shape index (κ3) is 8.05. The first-order chi connectivity index (χ1) is 21.8. The fourth-order valence-corrected chi connectivity index (χ4v) is 6.38. The third-order valence-corrected chi connectivity index (χ3v) is 9.10. The number of Topliss-reactive ketones (excluding diaryl/α,β-unsaturated/α-hetero) is 1. The van der Waals surface area contributed by atoms with Crippen LogP contribution < -0.4 is 21.3 Å². The van der Waals surface area contributed by atoms with Gasteiger partial charge in [0.25, 0.3) is 11.8 Å². The highest BCUT2D eigenvalue weighted by molar-refractivity contribution is 6.38. The molecule has 7 atom stereocenters. The average Bonchev–Trinajstić information content (AvgIpc) is 3.65. The number of nitrogens with zero attached hydrogens (tertiary/aromatic N) is 3. The number of alkyl halides is 1. The minimum absolute atomic E-state index is 0.0204. The molecule has 3 unspecified atom stereocenters. The number of amides is 5. The highest BCUT2D eigenvalue weighted by atomic mass is 19.1. The van der Waals surface area contributed by atoms with E-state index in [2.05, 4.69) is 31.2 Å². The lowest BCUT2D eigenvalue weighted by molar-refractivity contribution is -0.145. The van der Waals surface area contributed by atoms with Crippen LogP contribution in [0.15, 0.2) is 18.6 Å². The largest absolute Gasteiger partial charge is 0.347 e. The first-order valence-electron chi connectivity index (χ1n) is 16.3. The minimum Gasteiger partial charge on any atom is -0.347 e. The van der Waals surface area contributed by atoms with E-state index < -0.39 is 83.4 Å². The second kappa shape index (κ2) is 15.1. The molecule has 1 aromatic rings. The normalized spacial score (nSPS) is 24.1. The van der Waals surface area contributed by atoms with Gasteiger partial charge in [0.2, 0.25) is 23.5 Å². The van der Waals surface area contributed by atoms with Crippen molar-refractivity contribution in [3.63, 3.8) is 0 Å². The Labute approximate surface area is 268 Å². The van der Waals surface area contributed by atoms with E-state index in [1.807, 2.05) is 6.92 Å². The molecular weight excluding hydrogens is 597 g/mol. The molecule has 13 nitrogen and oxygen atoms in total. The van der Waals surface area contributed by atoms with E-state index >= 15 is 4.39 Å². The topological polar surface area (TPSA) is 180 Å². The Kier molecular flexibility index (Phi) is 11.4. The molecule has 0 spiro atoms. The van der Waals surface area contributed by atoms with Crippen LogP contribution in [0, 0.1) is 23.7 Å². The molecule has 14 heteroatoms. The summed E-state index contributed by atoms with van der Waals surface area (Å²) in [5.74, 6) is -5.71. The molecule has 46 heavy (non-hydrogen) atoms. The van der Waals surface area contributed by atoms with E-state index in [1.165, 1.54) is 23.5 Å². The maximum Gasteiger partial charge on any atom is 0.289 e. The van der Waals surface area contributed by atoms with Crippen molar-refractivity contribution in [1.82, 2.24) is 36.1 Å². The van der Waals surface area contributed by atoms with Gasteiger partial charge in [-0.25, -0.2) is 9.37 Å². The zero-order valence-corrected chi connectivity index (χ0v) is 27.1. The van der Waals surface area contributed by atoms with Gasteiger partial charge in [-0.3, -0.25) is 33.8 Å². The van der Waals surface area contributed by atoms with Crippen molar-refractivity contribution in [2.24, 2.45) is 23.7 Å². The maximum atomic E-state index is 15.0.